The Bertz CT molecular complexity index is 649. The number of aliphatic hydroxyl groups is 2. The summed E-state index contributed by atoms with van der Waals surface area (Å²) in [4.78, 5) is 26.8. The van der Waals surface area contributed by atoms with Gasteiger partial charge in [0, 0.05) is 0 Å². The van der Waals surface area contributed by atoms with Crippen molar-refractivity contribution in [2.24, 2.45) is 0 Å². The molecule has 0 spiro atoms. The van der Waals surface area contributed by atoms with Crippen molar-refractivity contribution in [2.75, 3.05) is 5.32 Å². The van der Waals surface area contributed by atoms with E-state index in [-0.39, 0.29) is 0 Å². The standard InChI is InChI=1S/C13H18FN3O6/c1-5(2)22-13(21)16-10-7(14)4-17(12(20)15-10)11-9(19)8(18)6(3)23-11/h4-6,8-9,11,18-19H,1-3H3,(H,15,16,20,21)/t6-,8?,9+,11-/m1/s1. The minimum atomic E-state index is -1.41. The second-order valence-corrected chi connectivity index (χ2v) is 5.42. The van der Waals surface area contributed by atoms with Crippen LogP contribution in [0.3, 0.4) is 0 Å². The molecule has 3 N–H and O–H groups in total. The third kappa shape index (κ3) is 3.66. The molecule has 1 unspecified atom stereocenters. The average Bonchev–Trinajstić information content (AvgIpc) is 2.69. The molecule has 0 aromatic carbocycles. The molecule has 4 atom stereocenters. The summed E-state index contributed by atoms with van der Waals surface area (Å²) in [5.41, 5.74) is -0.961. The molecule has 23 heavy (non-hydrogen) atoms. The van der Waals surface area contributed by atoms with Gasteiger partial charge in [-0.3, -0.25) is 9.88 Å². The molecule has 0 saturated carbocycles. The van der Waals surface area contributed by atoms with Gasteiger partial charge in [0.2, 0.25) is 0 Å². The number of rotatable bonds is 3. The van der Waals surface area contributed by atoms with Gasteiger partial charge in [-0.15, -0.1) is 0 Å². The Kier molecular flexibility index (Phi) is 4.97. The number of anilines is 1. The second kappa shape index (κ2) is 6.60. The van der Waals surface area contributed by atoms with Gasteiger partial charge < -0.3 is 19.7 Å². The van der Waals surface area contributed by atoms with Crippen LogP contribution in [0.15, 0.2) is 11.0 Å². The van der Waals surface area contributed by atoms with Gasteiger partial charge in [-0.1, -0.05) is 0 Å². The molecule has 9 nitrogen and oxygen atoms in total. The van der Waals surface area contributed by atoms with Gasteiger partial charge in [-0.25, -0.2) is 14.0 Å². The number of aromatic nitrogens is 2. The minimum absolute atomic E-state index is 0.427. The van der Waals surface area contributed by atoms with Crippen LogP contribution in [0.25, 0.3) is 0 Å². The lowest BCUT2D eigenvalue weighted by molar-refractivity contribution is -0.0355. The summed E-state index contributed by atoms with van der Waals surface area (Å²) < 4.78 is 24.7. The number of carbonyl (C=O) groups excluding carboxylic acids is 1. The first kappa shape index (κ1) is 17.3. The van der Waals surface area contributed by atoms with Gasteiger partial charge in [0.25, 0.3) is 0 Å². The highest BCUT2D eigenvalue weighted by atomic mass is 19.1. The number of nitrogens with one attached hydrogen (secondary N) is 1. The third-order valence-corrected chi connectivity index (χ3v) is 3.22. The van der Waals surface area contributed by atoms with Crippen molar-refractivity contribution < 1.29 is 28.9 Å². The number of ether oxygens (including phenoxy) is 2. The molecule has 0 bridgehead atoms. The van der Waals surface area contributed by atoms with Crippen molar-refractivity contribution in [1.29, 1.82) is 0 Å². The fourth-order valence-corrected chi connectivity index (χ4v) is 2.11. The van der Waals surface area contributed by atoms with Gasteiger partial charge in [0.1, 0.15) is 12.2 Å². The maximum Gasteiger partial charge on any atom is 0.413 e. The summed E-state index contributed by atoms with van der Waals surface area (Å²) in [5, 5.41) is 21.5. The Labute approximate surface area is 130 Å². The Morgan fingerprint density at radius 2 is 2.13 bits per heavy atom. The predicted molar refractivity (Wildman–Crippen MR) is 75.3 cm³/mol. The quantitative estimate of drug-likeness (QED) is 0.711. The molecule has 1 fully saturated rings. The van der Waals surface area contributed by atoms with Gasteiger partial charge in [0.15, 0.2) is 17.9 Å². The smallest absolute Gasteiger partial charge is 0.413 e. The predicted octanol–water partition coefficient (Wildman–Crippen LogP) is -0.0216. The van der Waals surface area contributed by atoms with E-state index in [0.717, 1.165) is 6.20 Å². The molecule has 1 saturated heterocycles. The van der Waals surface area contributed by atoms with Crippen LogP contribution < -0.4 is 11.0 Å². The van der Waals surface area contributed by atoms with Crippen molar-refractivity contribution >= 4 is 11.9 Å². The number of carbonyl (C=O) groups is 1. The van der Waals surface area contributed by atoms with E-state index in [1.807, 2.05) is 5.32 Å². The van der Waals surface area contributed by atoms with Crippen LogP contribution in [0.4, 0.5) is 15.0 Å². The first-order valence-electron chi connectivity index (χ1n) is 6.98. The summed E-state index contributed by atoms with van der Waals surface area (Å²) in [7, 11) is 0. The Hall–Kier alpha value is -2.04. The van der Waals surface area contributed by atoms with Gasteiger partial charge in [-0.05, 0) is 20.8 Å². The minimum Gasteiger partial charge on any atom is -0.447 e. The molecule has 1 aliphatic heterocycles. The van der Waals surface area contributed by atoms with Crippen LogP contribution in [0.5, 0.6) is 0 Å². The molecule has 2 heterocycles. The molecule has 1 amide bonds. The molecular formula is C13H18FN3O6. The topological polar surface area (TPSA) is 123 Å². The van der Waals surface area contributed by atoms with Crippen LogP contribution in [-0.4, -0.2) is 50.3 Å². The largest absolute Gasteiger partial charge is 0.447 e. The summed E-state index contributed by atoms with van der Waals surface area (Å²) in [5.74, 6) is -1.62. The molecule has 1 aromatic heterocycles. The van der Waals surface area contributed by atoms with E-state index in [2.05, 4.69) is 4.98 Å². The number of hydrogen-bond donors (Lipinski definition) is 3. The molecule has 2 rings (SSSR count). The number of amides is 1. The monoisotopic (exact) mass is 331 g/mol. The maximum absolute atomic E-state index is 14.0. The number of nitrogens with zero attached hydrogens (tertiary/aromatic N) is 2. The third-order valence-electron chi connectivity index (χ3n) is 3.22. The lowest BCUT2D eigenvalue weighted by Gasteiger charge is -2.17. The fourth-order valence-electron chi connectivity index (χ4n) is 2.11. The number of halogens is 1. The molecule has 128 valence electrons. The van der Waals surface area contributed by atoms with E-state index in [4.69, 9.17) is 9.47 Å². The van der Waals surface area contributed by atoms with Crippen molar-refractivity contribution in [3.05, 3.63) is 22.5 Å². The normalized spacial score (nSPS) is 27.3. The Balaban J connectivity index is 2.24. The molecule has 10 heteroatoms. The van der Waals surface area contributed by atoms with Gasteiger partial charge >= 0.3 is 11.8 Å². The van der Waals surface area contributed by atoms with Crippen molar-refractivity contribution in [2.45, 2.75) is 51.4 Å². The van der Waals surface area contributed by atoms with Crippen LogP contribution in [0, 0.1) is 5.82 Å². The van der Waals surface area contributed by atoms with Crippen LogP contribution in [-0.2, 0) is 9.47 Å². The van der Waals surface area contributed by atoms with Gasteiger partial charge in [0.05, 0.1) is 18.4 Å². The summed E-state index contributed by atoms with van der Waals surface area (Å²) >= 11 is 0. The molecule has 0 aliphatic carbocycles. The van der Waals surface area contributed by atoms with Crippen LogP contribution in [0.1, 0.15) is 27.0 Å². The molecule has 1 aromatic rings. The molecule has 1 aliphatic rings. The van der Waals surface area contributed by atoms with Crippen LogP contribution >= 0.6 is 0 Å². The first-order chi connectivity index (χ1) is 10.7. The summed E-state index contributed by atoms with van der Waals surface area (Å²) in [6.07, 6.45) is -5.27. The van der Waals surface area contributed by atoms with Crippen molar-refractivity contribution in [1.82, 2.24) is 9.55 Å². The summed E-state index contributed by atoms with van der Waals surface area (Å²) in [6, 6.07) is 0. The summed E-state index contributed by atoms with van der Waals surface area (Å²) in [6.45, 7) is 4.71. The fraction of sp³-hybridized carbons (Fsp3) is 0.615. The van der Waals surface area contributed by atoms with E-state index in [1.54, 1.807) is 13.8 Å². The highest BCUT2D eigenvalue weighted by molar-refractivity contribution is 5.83. The highest BCUT2D eigenvalue weighted by Crippen LogP contribution is 2.28. The van der Waals surface area contributed by atoms with E-state index in [0.29, 0.717) is 4.57 Å². The van der Waals surface area contributed by atoms with Crippen molar-refractivity contribution in [3.8, 4) is 0 Å². The van der Waals surface area contributed by atoms with Crippen molar-refractivity contribution in [3.63, 3.8) is 0 Å². The maximum atomic E-state index is 14.0. The van der Waals surface area contributed by atoms with E-state index < -0.39 is 54.1 Å². The zero-order chi connectivity index (χ0) is 17.3. The van der Waals surface area contributed by atoms with Crippen LogP contribution in [0.2, 0.25) is 0 Å². The molecule has 0 radical (unpaired) electrons. The Morgan fingerprint density at radius 3 is 2.65 bits per heavy atom. The first-order valence-corrected chi connectivity index (χ1v) is 6.98. The number of hydrogen-bond acceptors (Lipinski definition) is 7. The van der Waals surface area contributed by atoms with E-state index in [1.165, 1.54) is 6.92 Å². The van der Waals surface area contributed by atoms with E-state index in [9.17, 15) is 24.2 Å². The lowest BCUT2D eigenvalue weighted by atomic mass is 10.1. The second-order valence-electron chi connectivity index (χ2n) is 5.42. The lowest BCUT2D eigenvalue weighted by Crippen LogP contribution is -2.36. The SMILES string of the molecule is CC(C)OC(=O)Nc1nc(=O)n([C@@H]2O[C@H](C)C(O)[C@@H]2O)cc1F. The zero-order valence-corrected chi connectivity index (χ0v) is 12.8. The van der Waals surface area contributed by atoms with E-state index >= 15 is 0 Å². The Morgan fingerprint density at radius 1 is 1.48 bits per heavy atom. The average molecular weight is 331 g/mol. The zero-order valence-electron chi connectivity index (χ0n) is 12.8. The van der Waals surface area contributed by atoms with Gasteiger partial charge in [-0.2, -0.15) is 4.98 Å². The number of aliphatic hydroxyl groups excluding tert-OH is 2. The molecular weight excluding hydrogens is 313 g/mol. The highest BCUT2D eigenvalue weighted by Gasteiger charge is 2.42.